The summed E-state index contributed by atoms with van der Waals surface area (Å²) in [7, 11) is 0. The average Bonchev–Trinajstić information content (AvgIpc) is 2.43. The Kier molecular flexibility index (Phi) is 4.89. The van der Waals surface area contributed by atoms with Crippen LogP contribution < -0.4 is 5.32 Å². The predicted molar refractivity (Wildman–Crippen MR) is 76.4 cm³/mol. The molecule has 1 aliphatic rings. The summed E-state index contributed by atoms with van der Waals surface area (Å²) in [5, 5.41) is 14.0. The van der Waals surface area contributed by atoms with Crippen molar-refractivity contribution in [3.05, 3.63) is 34.1 Å². The second-order valence-corrected chi connectivity index (χ2v) is 5.15. The molecule has 20 heavy (non-hydrogen) atoms. The first-order valence-corrected chi connectivity index (χ1v) is 7.03. The van der Waals surface area contributed by atoms with E-state index in [1.54, 1.807) is 0 Å². The predicted octanol–water partition coefficient (Wildman–Crippen LogP) is 3.02. The highest BCUT2D eigenvalue weighted by Gasteiger charge is 2.23. The van der Waals surface area contributed by atoms with Crippen molar-refractivity contribution in [1.82, 2.24) is 4.90 Å². The first-order valence-electron chi connectivity index (χ1n) is 7.03. The van der Waals surface area contributed by atoms with E-state index in [9.17, 15) is 14.5 Å². The lowest BCUT2D eigenvalue weighted by molar-refractivity contribution is -0.384. The monoisotopic (exact) mass is 281 g/mol. The molecule has 0 bridgehead atoms. The van der Waals surface area contributed by atoms with Crippen LogP contribution in [0.1, 0.15) is 26.2 Å². The Labute approximate surface area is 117 Å². The molecule has 1 N–H and O–H groups in total. The molecule has 0 radical (unpaired) electrons. The van der Waals surface area contributed by atoms with Gasteiger partial charge in [0.25, 0.3) is 5.69 Å². The fourth-order valence-electron chi connectivity index (χ4n) is 2.63. The van der Waals surface area contributed by atoms with Gasteiger partial charge in [0.05, 0.1) is 4.92 Å². The molecule has 1 aliphatic heterocycles. The van der Waals surface area contributed by atoms with Crippen molar-refractivity contribution in [2.24, 2.45) is 0 Å². The van der Waals surface area contributed by atoms with Crippen molar-refractivity contribution in [1.29, 1.82) is 0 Å². The number of nitrogens with zero attached hydrogens (tertiary/aromatic N) is 2. The molecule has 0 amide bonds. The summed E-state index contributed by atoms with van der Waals surface area (Å²) in [6.45, 7) is 5.13. The standard InChI is InChI=1S/C14H20FN3O2/c1-2-8-17-9-6-11(7-10-17)16-14-12(15)4-3-5-13(14)18(19)20/h3-5,11,16H,2,6-10H2,1H3. The zero-order chi connectivity index (χ0) is 14.5. The highest BCUT2D eigenvalue weighted by atomic mass is 19.1. The third-order valence-electron chi connectivity index (χ3n) is 3.66. The highest BCUT2D eigenvalue weighted by molar-refractivity contribution is 5.62. The maximum atomic E-state index is 13.8. The molecule has 0 aromatic heterocycles. The minimum Gasteiger partial charge on any atom is -0.374 e. The van der Waals surface area contributed by atoms with Gasteiger partial charge in [-0.15, -0.1) is 0 Å². The van der Waals surface area contributed by atoms with Gasteiger partial charge in [0, 0.05) is 25.2 Å². The Bertz CT molecular complexity index is 473. The van der Waals surface area contributed by atoms with E-state index in [1.165, 1.54) is 18.2 Å². The lowest BCUT2D eigenvalue weighted by Gasteiger charge is -2.32. The zero-order valence-corrected chi connectivity index (χ0v) is 11.6. The molecule has 1 heterocycles. The Hall–Kier alpha value is -1.69. The van der Waals surface area contributed by atoms with Crippen LogP contribution in [0.25, 0.3) is 0 Å². The Morgan fingerprint density at radius 1 is 1.45 bits per heavy atom. The molecule has 0 spiro atoms. The van der Waals surface area contributed by atoms with Gasteiger partial charge in [0.15, 0.2) is 5.82 Å². The smallest absolute Gasteiger partial charge is 0.295 e. The van der Waals surface area contributed by atoms with Gasteiger partial charge in [-0.2, -0.15) is 0 Å². The quantitative estimate of drug-likeness (QED) is 0.665. The number of nitro benzene ring substituents is 1. The number of nitro groups is 1. The van der Waals surface area contributed by atoms with E-state index in [4.69, 9.17) is 0 Å². The van der Waals surface area contributed by atoms with Crippen molar-refractivity contribution >= 4 is 11.4 Å². The van der Waals surface area contributed by atoms with Gasteiger partial charge in [-0.3, -0.25) is 10.1 Å². The number of likely N-dealkylation sites (tertiary alicyclic amines) is 1. The average molecular weight is 281 g/mol. The molecule has 1 aromatic rings. The number of anilines is 1. The van der Waals surface area contributed by atoms with Crippen LogP contribution in [-0.4, -0.2) is 35.5 Å². The van der Waals surface area contributed by atoms with Crippen LogP contribution in [0.3, 0.4) is 0 Å². The van der Waals surface area contributed by atoms with Crippen molar-refractivity contribution < 1.29 is 9.31 Å². The van der Waals surface area contributed by atoms with Crippen LogP contribution in [0.4, 0.5) is 15.8 Å². The molecule has 0 saturated carbocycles. The van der Waals surface area contributed by atoms with E-state index in [0.717, 1.165) is 38.9 Å². The van der Waals surface area contributed by atoms with E-state index in [1.807, 2.05) is 0 Å². The van der Waals surface area contributed by atoms with Gasteiger partial charge in [-0.25, -0.2) is 4.39 Å². The molecule has 2 rings (SSSR count). The molecule has 1 aromatic carbocycles. The summed E-state index contributed by atoms with van der Waals surface area (Å²) in [4.78, 5) is 12.8. The summed E-state index contributed by atoms with van der Waals surface area (Å²) in [5.41, 5.74) is -0.174. The number of halogens is 1. The Morgan fingerprint density at radius 3 is 2.75 bits per heavy atom. The number of benzene rings is 1. The Balaban J connectivity index is 2.03. The van der Waals surface area contributed by atoms with Gasteiger partial charge in [0.1, 0.15) is 5.69 Å². The van der Waals surface area contributed by atoms with Crippen molar-refractivity contribution in [3.8, 4) is 0 Å². The lowest BCUT2D eigenvalue weighted by atomic mass is 10.0. The van der Waals surface area contributed by atoms with Crippen LogP contribution >= 0.6 is 0 Å². The van der Waals surface area contributed by atoms with Crippen LogP contribution in [0, 0.1) is 15.9 Å². The lowest BCUT2D eigenvalue weighted by Crippen LogP contribution is -2.39. The molecule has 5 nitrogen and oxygen atoms in total. The number of rotatable bonds is 5. The normalized spacial score (nSPS) is 17.1. The molecular weight excluding hydrogens is 261 g/mol. The molecule has 0 atom stereocenters. The van der Waals surface area contributed by atoms with Crippen LogP contribution in [-0.2, 0) is 0 Å². The SMILES string of the molecule is CCCN1CCC(Nc2c(F)cccc2[N+](=O)[O-])CC1. The summed E-state index contributed by atoms with van der Waals surface area (Å²) in [6.07, 6.45) is 2.88. The second kappa shape index (κ2) is 6.65. The van der Waals surface area contributed by atoms with Gasteiger partial charge in [-0.05, 0) is 31.9 Å². The Morgan fingerprint density at radius 2 is 2.15 bits per heavy atom. The first kappa shape index (κ1) is 14.7. The number of hydrogen-bond acceptors (Lipinski definition) is 4. The third-order valence-corrected chi connectivity index (χ3v) is 3.66. The fourth-order valence-corrected chi connectivity index (χ4v) is 2.63. The number of nitrogens with one attached hydrogen (secondary N) is 1. The molecular formula is C14H20FN3O2. The third kappa shape index (κ3) is 3.45. The largest absolute Gasteiger partial charge is 0.374 e. The summed E-state index contributed by atoms with van der Waals surface area (Å²) < 4.78 is 13.8. The number of hydrogen-bond donors (Lipinski definition) is 1. The first-order chi connectivity index (χ1) is 9.61. The topological polar surface area (TPSA) is 58.4 Å². The molecule has 0 unspecified atom stereocenters. The van der Waals surface area contributed by atoms with Crippen molar-refractivity contribution in [2.45, 2.75) is 32.2 Å². The van der Waals surface area contributed by atoms with Crippen LogP contribution in [0.15, 0.2) is 18.2 Å². The zero-order valence-electron chi connectivity index (χ0n) is 11.6. The van der Waals surface area contributed by atoms with E-state index in [2.05, 4.69) is 17.1 Å². The highest BCUT2D eigenvalue weighted by Crippen LogP contribution is 2.29. The number of piperidine rings is 1. The van der Waals surface area contributed by atoms with Crippen molar-refractivity contribution in [2.75, 3.05) is 25.0 Å². The molecule has 6 heteroatoms. The van der Waals surface area contributed by atoms with Gasteiger partial charge in [0.2, 0.25) is 0 Å². The summed E-state index contributed by atoms with van der Waals surface area (Å²) in [6, 6.07) is 4.04. The fraction of sp³-hybridized carbons (Fsp3) is 0.571. The molecule has 0 aliphatic carbocycles. The van der Waals surface area contributed by atoms with E-state index >= 15 is 0 Å². The minimum atomic E-state index is -0.560. The second-order valence-electron chi connectivity index (χ2n) is 5.15. The van der Waals surface area contributed by atoms with Crippen LogP contribution in [0.5, 0.6) is 0 Å². The maximum absolute atomic E-state index is 13.8. The minimum absolute atomic E-state index is 0.0199. The molecule has 110 valence electrons. The van der Waals surface area contributed by atoms with E-state index in [-0.39, 0.29) is 17.4 Å². The summed E-state index contributed by atoms with van der Waals surface area (Å²) in [5.74, 6) is -0.560. The molecule has 1 fully saturated rings. The summed E-state index contributed by atoms with van der Waals surface area (Å²) >= 11 is 0. The number of para-hydroxylation sites is 1. The van der Waals surface area contributed by atoms with Crippen molar-refractivity contribution in [3.63, 3.8) is 0 Å². The molecule has 1 saturated heterocycles. The van der Waals surface area contributed by atoms with Gasteiger partial charge >= 0.3 is 0 Å². The van der Waals surface area contributed by atoms with E-state index < -0.39 is 10.7 Å². The maximum Gasteiger partial charge on any atom is 0.295 e. The van der Waals surface area contributed by atoms with E-state index in [0.29, 0.717) is 0 Å². The van der Waals surface area contributed by atoms with Gasteiger partial charge < -0.3 is 10.2 Å². The van der Waals surface area contributed by atoms with Crippen LogP contribution in [0.2, 0.25) is 0 Å². The van der Waals surface area contributed by atoms with Gasteiger partial charge in [-0.1, -0.05) is 13.0 Å².